The van der Waals surface area contributed by atoms with Gasteiger partial charge in [-0.25, -0.2) is 0 Å². The highest BCUT2D eigenvalue weighted by atomic mass is 16.5. The van der Waals surface area contributed by atoms with Gasteiger partial charge in [0.15, 0.2) is 0 Å². The number of ether oxygens (including phenoxy) is 1. The Morgan fingerprint density at radius 3 is 2.50 bits per heavy atom. The van der Waals surface area contributed by atoms with Crippen molar-refractivity contribution in [1.82, 2.24) is 0 Å². The molecule has 2 heteroatoms. The van der Waals surface area contributed by atoms with Crippen LogP contribution in [0.5, 0.6) is 0 Å². The van der Waals surface area contributed by atoms with Crippen LogP contribution < -0.4 is 0 Å². The number of nitriles is 1. The van der Waals surface area contributed by atoms with Crippen LogP contribution in [0.15, 0.2) is 36.4 Å². The number of rotatable bonds is 7. The molecular weight excluding hydrogens is 270 g/mol. The van der Waals surface area contributed by atoms with Crippen molar-refractivity contribution in [3.63, 3.8) is 0 Å². The Hall–Kier alpha value is -1.59. The van der Waals surface area contributed by atoms with E-state index in [2.05, 4.69) is 37.3 Å². The summed E-state index contributed by atoms with van der Waals surface area (Å²) in [5.74, 6) is 0.641. The third-order valence-corrected chi connectivity index (χ3v) is 4.54. The molecule has 2 rings (SSSR count). The standard InChI is InChI=1S/C20H27NO/c1-2-3-4-5-6-15-22-20-13-11-19(12-14-20)18-9-7-17(16-21)8-10-18/h2-3,7-10,19-20H,4-6,11-15H2,1H3/b3-2+. The second-order valence-electron chi connectivity index (χ2n) is 6.14. The topological polar surface area (TPSA) is 33.0 Å². The fourth-order valence-corrected chi connectivity index (χ4v) is 3.17. The molecule has 0 aliphatic heterocycles. The van der Waals surface area contributed by atoms with Crippen LogP contribution in [0.3, 0.4) is 0 Å². The first-order valence-corrected chi connectivity index (χ1v) is 8.56. The Morgan fingerprint density at radius 2 is 1.86 bits per heavy atom. The minimum Gasteiger partial charge on any atom is -0.378 e. The summed E-state index contributed by atoms with van der Waals surface area (Å²) in [5, 5.41) is 8.85. The third kappa shape index (κ3) is 5.31. The summed E-state index contributed by atoms with van der Waals surface area (Å²) in [5.41, 5.74) is 2.13. The molecule has 0 spiro atoms. The quantitative estimate of drug-likeness (QED) is 0.502. The van der Waals surface area contributed by atoms with E-state index < -0.39 is 0 Å². The van der Waals surface area contributed by atoms with Crippen molar-refractivity contribution >= 4 is 0 Å². The molecule has 22 heavy (non-hydrogen) atoms. The van der Waals surface area contributed by atoms with E-state index in [4.69, 9.17) is 10.00 Å². The molecule has 0 unspecified atom stereocenters. The molecule has 1 saturated carbocycles. The molecular formula is C20H27NO. The van der Waals surface area contributed by atoms with Crippen LogP contribution in [-0.4, -0.2) is 12.7 Å². The molecule has 1 fully saturated rings. The van der Waals surface area contributed by atoms with Gasteiger partial charge in [-0.1, -0.05) is 24.3 Å². The molecule has 0 bridgehead atoms. The second kappa shape index (κ2) is 9.43. The molecule has 1 aromatic rings. The van der Waals surface area contributed by atoms with Crippen LogP contribution >= 0.6 is 0 Å². The third-order valence-electron chi connectivity index (χ3n) is 4.54. The van der Waals surface area contributed by atoms with Gasteiger partial charge in [0.2, 0.25) is 0 Å². The molecule has 2 nitrogen and oxygen atoms in total. The lowest BCUT2D eigenvalue weighted by atomic mass is 9.82. The van der Waals surface area contributed by atoms with Crippen molar-refractivity contribution in [3.8, 4) is 6.07 Å². The largest absolute Gasteiger partial charge is 0.378 e. The van der Waals surface area contributed by atoms with E-state index in [0.717, 1.165) is 12.2 Å². The first-order chi connectivity index (χ1) is 10.8. The van der Waals surface area contributed by atoms with E-state index in [0.29, 0.717) is 12.0 Å². The number of allylic oxidation sites excluding steroid dienone is 2. The van der Waals surface area contributed by atoms with Crippen LogP contribution in [0.1, 0.15) is 68.9 Å². The molecule has 1 aromatic carbocycles. The van der Waals surface area contributed by atoms with E-state index in [1.54, 1.807) is 0 Å². The molecule has 1 aliphatic rings. The van der Waals surface area contributed by atoms with Crippen LogP contribution in [-0.2, 0) is 4.74 Å². The Morgan fingerprint density at radius 1 is 1.14 bits per heavy atom. The smallest absolute Gasteiger partial charge is 0.0991 e. The molecule has 0 atom stereocenters. The molecule has 0 heterocycles. The minimum absolute atomic E-state index is 0.455. The zero-order chi connectivity index (χ0) is 15.6. The summed E-state index contributed by atoms with van der Waals surface area (Å²) in [7, 11) is 0. The van der Waals surface area contributed by atoms with Gasteiger partial charge in [0.05, 0.1) is 17.7 Å². The lowest BCUT2D eigenvalue weighted by Crippen LogP contribution is -2.21. The molecule has 0 saturated heterocycles. The normalized spacial score (nSPS) is 21.8. The molecule has 0 amide bonds. The van der Waals surface area contributed by atoms with Gasteiger partial charge in [0.1, 0.15) is 0 Å². The van der Waals surface area contributed by atoms with Gasteiger partial charge in [0.25, 0.3) is 0 Å². The predicted octanol–water partition coefficient (Wildman–Crippen LogP) is 5.35. The summed E-state index contributed by atoms with van der Waals surface area (Å²) >= 11 is 0. The maximum Gasteiger partial charge on any atom is 0.0991 e. The monoisotopic (exact) mass is 297 g/mol. The van der Waals surface area contributed by atoms with Crippen molar-refractivity contribution in [1.29, 1.82) is 5.26 Å². The average Bonchev–Trinajstić information content (AvgIpc) is 2.59. The number of unbranched alkanes of at least 4 members (excludes halogenated alkanes) is 2. The van der Waals surface area contributed by atoms with Crippen LogP contribution in [0.2, 0.25) is 0 Å². The van der Waals surface area contributed by atoms with Gasteiger partial charge >= 0.3 is 0 Å². The Kier molecular flexibility index (Phi) is 7.19. The van der Waals surface area contributed by atoms with E-state index in [1.165, 1.54) is 50.5 Å². The maximum atomic E-state index is 8.85. The van der Waals surface area contributed by atoms with Gasteiger partial charge in [0, 0.05) is 6.61 Å². The first-order valence-electron chi connectivity index (χ1n) is 8.56. The van der Waals surface area contributed by atoms with E-state index in [1.807, 2.05) is 12.1 Å². The van der Waals surface area contributed by atoms with Gasteiger partial charge in [-0.3, -0.25) is 0 Å². The Balaban J connectivity index is 1.66. The second-order valence-corrected chi connectivity index (χ2v) is 6.14. The van der Waals surface area contributed by atoms with Crippen LogP contribution in [0.25, 0.3) is 0 Å². The van der Waals surface area contributed by atoms with Gasteiger partial charge in [-0.15, -0.1) is 0 Å². The molecule has 1 aliphatic carbocycles. The number of nitrogens with zero attached hydrogens (tertiary/aromatic N) is 1. The molecule has 118 valence electrons. The fourth-order valence-electron chi connectivity index (χ4n) is 3.17. The van der Waals surface area contributed by atoms with E-state index in [-0.39, 0.29) is 0 Å². The van der Waals surface area contributed by atoms with Crippen molar-refractivity contribution in [2.75, 3.05) is 6.61 Å². The highest BCUT2D eigenvalue weighted by Gasteiger charge is 2.22. The Labute approximate surface area is 134 Å². The van der Waals surface area contributed by atoms with E-state index in [9.17, 15) is 0 Å². The number of benzene rings is 1. The van der Waals surface area contributed by atoms with Crippen molar-refractivity contribution in [3.05, 3.63) is 47.5 Å². The minimum atomic E-state index is 0.455. The summed E-state index contributed by atoms with van der Waals surface area (Å²) < 4.78 is 6.02. The summed E-state index contributed by atoms with van der Waals surface area (Å²) in [6.45, 7) is 2.98. The van der Waals surface area contributed by atoms with Gasteiger partial charge < -0.3 is 4.74 Å². The highest BCUT2D eigenvalue weighted by Crippen LogP contribution is 2.34. The molecule has 0 N–H and O–H groups in total. The highest BCUT2D eigenvalue weighted by molar-refractivity contribution is 5.33. The molecule has 0 radical (unpaired) electrons. The van der Waals surface area contributed by atoms with E-state index >= 15 is 0 Å². The van der Waals surface area contributed by atoms with Crippen molar-refractivity contribution < 1.29 is 4.74 Å². The molecule has 0 aromatic heterocycles. The Bertz CT molecular complexity index is 489. The summed E-state index contributed by atoms with van der Waals surface area (Å²) in [4.78, 5) is 0. The lowest BCUT2D eigenvalue weighted by molar-refractivity contribution is 0.0229. The van der Waals surface area contributed by atoms with Crippen molar-refractivity contribution in [2.45, 2.75) is 63.9 Å². The average molecular weight is 297 g/mol. The SMILES string of the molecule is C/C=C/CCCCOC1CCC(c2ccc(C#N)cc2)CC1. The van der Waals surface area contributed by atoms with Crippen LogP contribution in [0, 0.1) is 11.3 Å². The summed E-state index contributed by atoms with van der Waals surface area (Å²) in [6, 6.07) is 10.3. The predicted molar refractivity (Wildman–Crippen MR) is 90.8 cm³/mol. The number of hydrogen-bond acceptors (Lipinski definition) is 2. The summed E-state index contributed by atoms with van der Waals surface area (Å²) in [6.07, 6.45) is 13.1. The van der Waals surface area contributed by atoms with Gasteiger partial charge in [-0.2, -0.15) is 5.26 Å². The van der Waals surface area contributed by atoms with Gasteiger partial charge in [-0.05, 0) is 75.5 Å². The zero-order valence-corrected chi connectivity index (χ0v) is 13.6. The number of hydrogen-bond donors (Lipinski definition) is 0. The zero-order valence-electron chi connectivity index (χ0n) is 13.6. The fraction of sp³-hybridized carbons (Fsp3) is 0.550. The van der Waals surface area contributed by atoms with Crippen LogP contribution in [0.4, 0.5) is 0 Å². The maximum absolute atomic E-state index is 8.85. The lowest BCUT2D eigenvalue weighted by Gasteiger charge is -2.29. The van der Waals surface area contributed by atoms with Crippen molar-refractivity contribution in [2.24, 2.45) is 0 Å². The first kappa shape index (κ1) is 16.8.